The Morgan fingerprint density at radius 1 is 0.269 bits per heavy atom. The van der Waals surface area contributed by atoms with Gasteiger partial charge in [-0.05, 0) is 20.8 Å². The van der Waals surface area contributed by atoms with Gasteiger partial charge in [-0.2, -0.15) is 132 Å². The van der Waals surface area contributed by atoms with Crippen molar-refractivity contribution >= 4 is 18.1 Å². The highest BCUT2D eigenvalue weighted by atomic mass is 28.4. The summed E-state index contributed by atoms with van der Waals surface area (Å²) in [5.41, 5.74) is 0. The molecule has 0 aliphatic carbocycles. The fraction of sp³-hybridized carbons (Fsp3) is 1.00. The maximum Gasteiger partial charge on any atom is 0.679 e. The van der Waals surface area contributed by atoms with E-state index in [4.69, 9.17) is 17.7 Å². The fourth-order valence-electron chi connectivity index (χ4n) is 4.13. The molecule has 8 nitrogen and oxygen atoms in total. The SMILES string of the molecule is CCO[Si](OCC)(OCC)OCCC(F)(F)C(F)(F)C(F)(F)C(F)(F)C(F)(F)C(F)(F)F.CO[Si](OC)(OC)OCCC(F)(F)C(F)(F)C(F)(F)C(F)(F)C(F)(F)C(F)(F)C(F)(F)C(F)(F)F. The molecule has 0 rings (SSSR count). The molecule has 40 heteroatoms. The van der Waals surface area contributed by atoms with E-state index in [0.29, 0.717) is 0 Å². The zero-order valence-electron chi connectivity index (χ0n) is 33.6. The van der Waals surface area contributed by atoms with E-state index >= 15 is 0 Å². The molecule has 0 aliphatic heterocycles. The van der Waals surface area contributed by atoms with Crippen molar-refractivity contribution in [3.63, 3.8) is 0 Å². The molecule has 0 unspecified atom stereocenters. The lowest BCUT2D eigenvalue weighted by Gasteiger charge is -2.42. The van der Waals surface area contributed by atoms with Crippen LogP contribution in [-0.4, -0.2) is 156 Å². The molecule has 406 valence electrons. The molecule has 0 heterocycles. The Kier molecular flexibility index (Phi) is 21.4. The summed E-state index contributed by atoms with van der Waals surface area (Å²) in [7, 11) is -6.44. The van der Waals surface area contributed by atoms with Crippen LogP contribution < -0.4 is 0 Å². The van der Waals surface area contributed by atoms with Crippen LogP contribution in [0.3, 0.4) is 0 Å². The highest BCUT2D eigenvalue weighted by molar-refractivity contribution is 6.53. The van der Waals surface area contributed by atoms with Crippen molar-refractivity contribution in [1.29, 1.82) is 0 Å². The van der Waals surface area contributed by atoms with Crippen molar-refractivity contribution in [3.05, 3.63) is 0 Å². The van der Waals surface area contributed by atoms with Crippen molar-refractivity contribution < 1.29 is 167 Å². The summed E-state index contributed by atoms with van der Waals surface area (Å²) in [4.78, 5) is 0. The van der Waals surface area contributed by atoms with Crippen molar-refractivity contribution in [2.75, 3.05) is 54.4 Å². The Labute approximate surface area is 357 Å². The Bertz CT molecular complexity index is 1510. The summed E-state index contributed by atoms with van der Waals surface area (Å²) in [5, 5.41) is 0. The van der Waals surface area contributed by atoms with Gasteiger partial charge in [0.05, 0.1) is 0 Å². The van der Waals surface area contributed by atoms with Gasteiger partial charge in [-0.15, -0.1) is 0 Å². The normalized spacial score (nSPS) is 15.8. The molecular weight excluding hydrogens is 1080 g/mol. The lowest BCUT2D eigenvalue weighted by molar-refractivity contribution is -0.461. The average molecular weight is 1110 g/mol. The van der Waals surface area contributed by atoms with Crippen molar-refractivity contribution in [3.8, 4) is 0 Å². The molecule has 0 radical (unpaired) electrons. The molecule has 0 saturated carbocycles. The largest absolute Gasteiger partial charge is 0.679 e. The second-order valence-electron chi connectivity index (χ2n) is 12.3. The zero-order chi connectivity index (χ0) is 54.6. The van der Waals surface area contributed by atoms with Gasteiger partial charge in [0.2, 0.25) is 0 Å². The van der Waals surface area contributed by atoms with Crippen LogP contribution in [0.5, 0.6) is 0 Å². The van der Waals surface area contributed by atoms with E-state index in [-0.39, 0.29) is 19.8 Å². The summed E-state index contributed by atoms with van der Waals surface area (Å²) >= 11 is 0. The number of rotatable bonds is 27. The lowest BCUT2D eigenvalue weighted by Crippen LogP contribution is -2.74. The first-order chi connectivity index (χ1) is 29.3. The molecule has 0 N–H and O–H groups in total. The first kappa shape index (κ1) is 67.1. The lowest BCUT2D eigenvalue weighted by atomic mass is 9.88. The molecule has 67 heavy (non-hydrogen) atoms. The first-order valence-corrected chi connectivity index (χ1v) is 20.1. The van der Waals surface area contributed by atoms with Crippen LogP contribution in [0.25, 0.3) is 0 Å². The van der Waals surface area contributed by atoms with Crippen LogP contribution in [0.15, 0.2) is 0 Å². The molecule has 0 spiro atoms. The minimum atomic E-state index is -8.66. The third kappa shape index (κ3) is 12.0. The standard InChI is InChI=1S/C14H19F13O4Si.C13H13F17O4Si/c1-4-28-32(29-5-2,30-6-3)31-8-7-9(15,16)10(17,18)11(19,20)12(21,22)13(23,24)14(25,26)27;1-31-35(32-2,33-3)34-5-4-6(14,15)7(16,17)8(18,19)9(20,21)10(22,23)11(24,25)12(26,27)13(28,29)30/h4-8H2,1-3H3;4-5H2,1-3H3. The summed E-state index contributed by atoms with van der Waals surface area (Å²) in [6.07, 6.45) is -20.6. The van der Waals surface area contributed by atoms with E-state index in [1.807, 2.05) is 0 Å². The Balaban J connectivity index is 0. The van der Waals surface area contributed by atoms with Crippen LogP contribution in [0.4, 0.5) is 132 Å². The van der Waals surface area contributed by atoms with Gasteiger partial charge in [-0.3, -0.25) is 0 Å². The Hall–Kier alpha value is -1.99. The van der Waals surface area contributed by atoms with Gasteiger partial charge < -0.3 is 35.4 Å². The van der Waals surface area contributed by atoms with Crippen LogP contribution in [0.2, 0.25) is 0 Å². The molecule has 0 fully saturated rings. The highest BCUT2D eigenvalue weighted by Crippen LogP contribution is 2.65. The van der Waals surface area contributed by atoms with Crippen molar-refractivity contribution in [2.24, 2.45) is 0 Å². The maximum atomic E-state index is 13.8. The van der Waals surface area contributed by atoms with Gasteiger partial charge in [0.25, 0.3) is 0 Å². The van der Waals surface area contributed by atoms with Gasteiger partial charge in [0.15, 0.2) is 0 Å². The molecule has 0 saturated heterocycles. The van der Waals surface area contributed by atoms with E-state index in [1.54, 1.807) is 0 Å². The van der Waals surface area contributed by atoms with Crippen molar-refractivity contribution in [2.45, 2.75) is 117 Å². The van der Waals surface area contributed by atoms with E-state index in [9.17, 15) is 132 Å². The minimum absolute atomic E-state index is 0.227. The minimum Gasteiger partial charge on any atom is -0.355 e. The van der Waals surface area contributed by atoms with E-state index < -0.39 is 128 Å². The second-order valence-corrected chi connectivity index (χ2v) is 16.9. The number of halogens is 30. The van der Waals surface area contributed by atoms with E-state index in [0.717, 1.165) is 21.3 Å². The summed E-state index contributed by atoms with van der Waals surface area (Å²) in [5.74, 6) is -93.8. The van der Waals surface area contributed by atoms with Gasteiger partial charge in [0, 0.05) is 67.2 Å². The topological polar surface area (TPSA) is 73.8 Å². The van der Waals surface area contributed by atoms with Crippen molar-refractivity contribution in [1.82, 2.24) is 0 Å². The van der Waals surface area contributed by atoms with Gasteiger partial charge in [-0.25, -0.2) is 0 Å². The van der Waals surface area contributed by atoms with E-state index in [2.05, 4.69) is 17.7 Å². The summed E-state index contributed by atoms with van der Waals surface area (Å²) in [6, 6.07) is 0. The number of hydrogen-bond acceptors (Lipinski definition) is 8. The maximum absolute atomic E-state index is 13.8. The zero-order valence-corrected chi connectivity index (χ0v) is 35.6. The molecule has 0 atom stereocenters. The van der Waals surface area contributed by atoms with Crippen LogP contribution in [0.1, 0.15) is 33.6 Å². The molecule has 0 aromatic heterocycles. The molecule has 0 bridgehead atoms. The fourth-order valence-corrected chi connectivity index (χ4v) is 7.25. The molecule has 0 aromatic carbocycles. The highest BCUT2D eigenvalue weighted by Gasteiger charge is 2.95. The summed E-state index contributed by atoms with van der Waals surface area (Å²) < 4.78 is 430. The smallest absolute Gasteiger partial charge is 0.355 e. The monoisotopic (exact) mass is 1110 g/mol. The first-order valence-electron chi connectivity index (χ1n) is 16.8. The molecular formula is C27H32F30O8Si2. The third-order valence-corrected chi connectivity index (χ3v) is 12.4. The average Bonchev–Trinajstić information content (AvgIpc) is 3.15. The van der Waals surface area contributed by atoms with E-state index in [1.165, 1.54) is 20.8 Å². The van der Waals surface area contributed by atoms with Gasteiger partial charge in [-0.1, -0.05) is 0 Å². The molecule has 0 amide bonds. The van der Waals surface area contributed by atoms with Gasteiger partial charge in [0.1, 0.15) is 0 Å². The Morgan fingerprint density at radius 2 is 0.463 bits per heavy atom. The van der Waals surface area contributed by atoms with Crippen LogP contribution >= 0.6 is 0 Å². The number of alkyl halides is 30. The predicted octanol–water partition coefficient (Wildman–Crippen LogP) is 11.5. The summed E-state index contributed by atoms with van der Waals surface area (Å²) in [6.45, 7) is -0.197. The third-order valence-electron chi connectivity index (χ3n) is 7.89. The predicted molar refractivity (Wildman–Crippen MR) is 160 cm³/mol. The van der Waals surface area contributed by atoms with Crippen LogP contribution in [-0.2, 0) is 35.4 Å². The molecule has 0 aliphatic rings. The molecule has 0 aromatic rings. The van der Waals surface area contributed by atoms with Crippen LogP contribution in [0, 0.1) is 0 Å². The quantitative estimate of drug-likeness (QED) is 0.0595. The van der Waals surface area contributed by atoms with Gasteiger partial charge >= 0.3 is 102 Å². The number of hydrogen-bond donors (Lipinski definition) is 0. The Morgan fingerprint density at radius 3 is 0.657 bits per heavy atom. The second kappa shape index (κ2) is 21.4.